The Balaban J connectivity index is 1.56. The first-order valence-electron chi connectivity index (χ1n) is 11.3. The number of nitrogens with zero attached hydrogens (tertiary/aromatic N) is 3. The summed E-state index contributed by atoms with van der Waals surface area (Å²) in [5.41, 5.74) is 0.441. The average Bonchev–Trinajstić information content (AvgIpc) is 3.17. The summed E-state index contributed by atoms with van der Waals surface area (Å²) in [4.78, 5) is 37.5. The molecule has 12 heteroatoms. The fourth-order valence-electron chi connectivity index (χ4n) is 4.36. The number of aromatic nitrogens is 1. The van der Waals surface area contributed by atoms with Crippen LogP contribution in [0.2, 0.25) is 0 Å². The molecule has 1 aliphatic heterocycles. The summed E-state index contributed by atoms with van der Waals surface area (Å²) in [5, 5.41) is 13.7. The first-order chi connectivity index (χ1) is 17.0. The van der Waals surface area contributed by atoms with Gasteiger partial charge < -0.3 is 19.5 Å². The van der Waals surface area contributed by atoms with Crippen LogP contribution in [0.25, 0.3) is 10.9 Å². The molecule has 2 aromatic carbocycles. The Bertz CT molecular complexity index is 1420. The van der Waals surface area contributed by atoms with Gasteiger partial charge in [-0.05, 0) is 26.0 Å². The molecule has 190 valence electrons. The van der Waals surface area contributed by atoms with Gasteiger partial charge in [-0.1, -0.05) is 24.3 Å². The molecule has 1 fully saturated rings. The lowest BCUT2D eigenvalue weighted by atomic mass is 10.2. The maximum Gasteiger partial charge on any atom is 0.271 e. The number of ether oxygens (including phenoxy) is 1. The van der Waals surface area contributed by atoms with E-state index in [1.54, 1.807) is 33.7 Å². The van der Waals surface area contributed by atoms with Crippen molar-refractivity contribution in [3.63, 3.8) is 0 Å². The standard InChI is InChI=1S/C24H26N4O7S/c1-16-11-27(12-17(2)35-16)24(30)14-26-13-22(20-8-3-4-9-21(20)26)36(33,34)15-23(29)25-18-6-5-7-19(10-18)28(31)32/h3-10,13,16-17H,11-12,14-15H2,1-2H3,(H,25,29). The number of hydrogen-bond donors (Lipinski definition) is 1. The van der Waals surface area contributed by atoms with Crippen LogP contribution < -0.4 is 5.32 Å². The van der Waals surface area contributed by atoms with Gasteiger partial charge in [0.15, 0.2) is 9.84 Å². The predicted octanol–water partition coefficient (Wildman–Crippen LogP) is 2.60. The van der Waals surface area contributed by atoms with E-state index in [1.165, 1.54) is 24.4 Å². The Labute approximate surface area is 207 Å². The zero-order chi connectivity index (χ0) is 26.0. The number of amides is 2. The number of para-hydroxylation sites is 1. The molecule has 0 aliphatic carbocycles. The van der Waals surface area contributed by atoms with Gasteiger partial charge in [0.25, 0.3) is 5.69 Å². The Morgan fingerprint density at radius 2 is 1.81 bits per heavy atom. The number of nitro groups is 1. The highest BCUT2D eigenvalue weighted by atomic mass is 32.2. The maximum absolute atomic E-state index is 13.2. The number of sulfone groups is 1. The molecule has 2 atom stereocenters. The van der Waals surface area contributed by atoms with Crippen LogP contribution in [0.1, 0.15) is 13.8 Å². The molecule has 2 unspecified atom stereocenters. The summed E-state index contributed by atoms with van der Waals surface area (Å²) in [7, 11) is -4.10. The number of anilines is 1. The van der Waals surface area contributed by atoms with Crippen LogP contribution in [0.5, 0.6) is 0 Å². The monoisotopic (exact) mass is 514 g/mol. The largest absolute Gasteiger partial charge is 0.372 e. The quantitative estimate of drug-likeness (QED) is 0.377. The van der Waals surface area contributed by atoms with Crippen molar-refractivity contribution in [1.82, 2.24) is 9.47 Å². The van der Waals surface area contributed by atoms with E-state index < -0.39 is 26.4 Å². The van der Waals surface area contributed by atoms with Gasteiger partial charge in [0.1, 0.15) is 12.3 Å². The first-order valence-corrected chi connectivity index (χ1v) is 13.0. The number of nitrogens with one attached hydrogen (secondary N) is 1. The van der Waals surface area contributed by atoms with E-state index in [0.717, 1.165) is 6.07 Å². The molecule has 0 bridgehead atoms. The number of morpholine rings is 1. The van der Waals surface area contributed by atoms with Crippen molar-refractivity contribution in [2.45, 2.75) is 37.5 Å². The van der Waals surface area contributed by atoms with E-state index in [1.807, 2.05) is 13.8 Å². The highest BCUT2D eigenvalue weighted by molar-refractivity contribution is 7.92. The maximum atomic E-state index is 13.2. The van der Waals surface area contributed by atoms with E-state index in [-0.39, 0.29) is 40.9 Å². The summed E-state index contributed by atoms with van der Waals surface area (Å²) in [6.45, 7) is 4.63. The smallest absolute Gasteiger partial charge is 0.271 e. The predicted molar refractivity (Wildman–Crippen MR) is 132 cm³/mol. The van der Waals surface area contributed by atoms with Crippen LogP contribution in [-0.4, -0.2) is 65.7 Å². The number of benzene rings is 2. The summed E-state index contributed by atoms with van der Waals surface area (Å²) < 4.78 is 33.7. The van der Waals surface area contributed by atoms with Crippen LogP contribution in [0, 0.1) is 10.1 Å². The fourth-order valence-corrected chi connectivity index (χ4v) is 5.73. The van der Waals surface area contributed by atoms with Crippen LogP contribution >= 0.6 is 0 Å². The molecule has 0 saturated carbocycles. The average molecular weight is 515 g/mol. The van der Waals surface area contributed by atoms with Gasteiger partial charge in [-0.25, -0.2) is 8.42 Å². The molecule has 0 radical (unpaired) electrons. The minimum absolute atomic E-state index is 0.0602. The second kappa shape index (κ2) is 10.1. The van der Waals surface area contributed by atoms with Gasteiger partial charge in [0, 0.05) is 48.0 Å². The third-order valence-corrected chi connectivity index (χ3v) is 7.46. The van der Waals surface area contributed by atoms with E-state index in [4.69, 9.17) is 4.74 Å². The second-order valence-corrected chi connectivity index (χ2v) is 10.8. The molecule has 2 heterocycles. The van der Waals surface area contributed by atoms with Crippen LogP contribution in [0.3, 0.4) is 0 Å². The normalized spacial score (nSPS) is 18.2. The van der Waals surface area contributed by atoms with E-state index >= 15 is 0 Å². The van der Waals surface area contributed by atoms with Crippen molar-refractivity contribution in [3.05, 3.63) is 64.8 Å². The molecule has 4 rings (SSSR count). The van der Waals surface area contributed by atoms with Crippen molar-refractivity contribution >= 4 is 43.9 Å². The van der Waals surface area contributed by atoms with Gasteiger partial charge in [0.2, 0.25) is 11.8 Å². The van der Waals surface area contributed by atoms with E-state index in [0.29, 0.717) is 24.0 Å². The topological polar surface area (TPSA) is 141 Å². The number of nitro benzene ring substituents is 1. The number of fused-ring (bicyclic) bond motifs is 1. The highest BCUT2D eigenvalue weighted by Gasteiger charge is 2.28. The number of carbonyl (C=O) groups is 2. The van der Waals surface area contributed by atoms with E-state index in [9.17, 15) is 28.1 Å². The van der Waals surface area contributed by atoms with Crippen LogP contribution in [0.4, 0.5) is 11.4 Å². The van der Waals surface area contributed by atoms with Crippen molar-refractivity contribution in [1.29, 1.82) is 0 Å². The minimum atomic E-state index is -4.10. The second-order valence-electron chi connectivity index (χ2n) is 8.81. The van der Waals surface area contributed by atoms with Gasteiger partial charge in [-0.15, -0.1) is 0 Å². The van der Waals surface area contributed by atoms with Gasteiger partial charge >= 0.3 is 0 Å². The number of non-ortho nitro benzene ring substituents is 1. The Kier molecular flexibility index (Phi) is 7.09. The molecule has 3 aromatic rings. The zero-order valence-corrected chi connectivity index (χ0v) is 20.6. The number of rotatable bonds is 7. The highest BCUT2D eigenvalue weighted by Crippen LogP contribution is 2.27. The van der Waals surface area contributed by atoms with Crippen LogP contribution in [-0.2, 0) is 30.7 Å². The zero-order valence-electron chi connectivity index (χ0n) is 19.8. The van der Waals surface area contributed by atoms with Crippen molar-refractivity contribution in [2.75, 3.05) is 24.2 Å². The Morgan fingerprint density at radius 3 is 2.50 bits per heavy atom. The summed E-state index contributed by atoms with van der Waals surface area (Å²) >= 11 is 0. The lowest BCUT2D eigenvalue weighted by molar-refractivity contribution is -0.384. The first kappa shape index (κ1) is 25.3. The third kappa shape index (κ3) is 5.55. The minimum Gasteiger partial charge on any atom is -0.372 e. The van der Waals surface area contributed by atoms with Gasteiger partial charge in [0.05, 0.1) is 22.0 Å². The SMILES string of the molecule is CC1CN(C(=O)Cn2cc(S(=O)(=O)CC(=O)Nc3cccc([N+](=O)[O-])c3)c3ccccc32)CC(C)O1. The molecule has 2 amide bonds. The Morgan fingerprint density at radius 1 is 1.11 bits per heavy atom. The summed E-state index contributed by atoms with van der Waals surface area (Å²) in [6.07, 6.45) is 1.19. The van der Waals surface area contributed by atoms with Gasteiger partial charge in [-0.2, -0.15) is 0 Å². The molecular formula is C24H26N4O7S. The van der Waals surface area contributed by atoms with Crippen molar-refractivity contribution < 1.29 is 27.7 Å². The molecule has 36 heavy (non-hydrogen) atoms. The molecule has 1 N–H and O–H groups in total. The third-order valence-electron chi connectivity index (χ3n) is 5.83. The van der Waals surface area contributed by atoms with E-state index in [2.05, 4.69) is 5.32 Å². The molecular weight excluding hydrogens is 488 g/mol. The summed E-state index contributed by atoms with van der Waals surface area (Å²) in [5.74, 6) is -1.86. The van der Waals surface area contributed by atoms with Crippen LogP contribution in [0.15, 0.2) is 59.6 Å². The van der Waals surface area contributed by atoms with Crippen molar-refractivity contribution in [3.8, 4) is 0 Å². The molecule has 1 aliphatic rings. The van der Waals surface area contributed by atoms with Gasteiger partial charge in [-0.3, -0.25) is 19.7 Å². The Hall–Kier alpha value is -3.77. The fraction of sp³-hybridized carbons (Fsp3) is 0.333. The number of hydrogen-bond acceptors (Lipinski definition) is 7. The lowest BCUT2D eigenvalue weighted by Gasteiger charge is -2.35. The molecule has 1 saturated heterocycles. The molecule has 11 nitrogen and oxygen atoms in total. The molecule has 0 spiro atoms. The lowest BCUT2D eigenvalue weighted by Crippen LogP contribution is -2.49. The van der Waals surface area contributed by atoms with Crippen molar-refractivity contribution in [2.24, 2.45) is 0 Å². The molecule has 1 aromatic heterocycles. The number of carbonyl (C=O) groups excluding carboxylic acids is 2. The summed E-state index contributed by atoms with van der Waals surface area (Å²) in [6, 6.07) is 12.0.